The molecule has 1 aliphatic rings. The predicted molar refractivity (Wildman–Crippen MR) is 62.8 cm³/mol. The number of nitrogens with one attached hydrogen (secondary N) is 1. The number of aromatic carboxylic acids is 1. The SMILES string of the molecule is Cc1[nH]nc(C(=O)O)c1S(=O)(=O)N(C)CC1CC1. The fourth-order valence-electron chi connectivity index (χ4n) is 1.80. The molecule has 2 N–H and O–H groups in total. The van der Waals surface area contributed by atoms with Crippen molar-refractivity contribution in [2.75, 3.05) is 13.6 Å². The molecule has 1 aromatic rings. The summed E-state index contributed by atoms with van der Waals surface area (Å²) >= 11 is 0. The third kappa shape index (κ3) is 2.25. The number of H-pyrrole nitrogens is 1. The van der Waals surface area contributed by atoms with Crippen LogP contribution in [-0.2, 0) is 10.0 Å². The number of carbonyl (C=O) groups is 1. The third-order valence-corrected chi connectivity index (χ3v) is 4.96. The second-order valence-corrected chi connectivity index (χ2v) is 6.54. The number of nitrogens with zero attached hydrogens (tertiary/aromatic N) is 2. The first-order valence-corrected chi connectivity index (χ1v) is 7.02. The molecule has 0 aromatic carbocycles. The Labute approximate surface area is 105 Å². The molecule has 2 rings (SSSR count). The minimum atomic E-state index is -3.80. The fourth-order valence-corrected chi connectivity index (χ4v) is 3.33. The standard InChI is InChI=1S/C10H15N3O4S/c1-6-9(8(10(14)15)12-11-6)18(16,17)13(2)5-7-3-4-7/h7H,3-5H2,1-2H3,(H,11,12)(H,14,15). The Bertz CT molecular complexity index is 574. The molecule has 7 nitrogen and oxygen atoms in total. The highest BCUT2D eigenvalue weighted by Gasteiger charge is 2.34. The Hall–Kier alpha value is -1.41. The summed E-state index contributed by atoms with van der Waals surface area (Å²) in [6.07, 6.45) is 2.05. The van der Waals surface area contributed by atoms with Crippen molar-refractivity contribution < 1.29 is 18.3 Å². The van der Waals surface area contributed by atoms with Crippen LogP contribution in [0.3, 0.4) is 0 Å². The number of aryl methyl sites for hydroxylation is 1. The first kappa shape index (κ1) is 13.0. The molecule has 0 atom stereocenters. The van der Waals surface area contributed by atoms with E-state index < -0.39 is 21.7 Å². The molecule has 8 heteroatoms. The number of rotatable bonds is 5. The Morgan fingerprint density at radius 3 is 2.67 bits per heavy atom. The molecular weight excluding hydrogens is 258 g/mol. The van der Waals surface area contributed by atoms with Gasteiger partial charge in [-0.2, -0.15) is 5.10 Å². The maximum Gasteiger partial charge on any atom is 0.357 e. The molecule has 100 valence electrons. The molecule has 0 saturated heterocycles. The van der Waals surface area contributed by atoms with Crippen molar-refractivity contribution in [1.82, 2.24) is 14.5 Å². The number of carboxylic acids is 1. The monoisotopic (exact) mass is 273 g/mol. The fraction of sp³-hybridized carbons (Fsp3) is 0.600. The van der Waals surface area contributed by atoms with Gasteiger partial charge in [0, 0.05) is 13.6 Å². The van der Waals surface area contributed by atoms with Gasteiger partial charge in [-0.05, 0) is 25.7 Å². The van der Waals surface area contributed by atoms with Gasteiger partial charge in [0.25, 0.3) is 0 Å². The van der Waals surface area contributed by atoms with Crippen molar-refractivity contribution in [3.63, 3.8) is 0 Å². The first-order chi connectivity index (χ1) is 8.34. The molecule has 18 heavy (non-hydrogen) atoms. The summed E-state index contributed by atoms with van der Waals surface area (Å²) in [5, 5.41) is 14.9. The van der Waals surface area contributed by atoms with Crippen LogP contribution in [0.1, 0.15) is 29.0 Å². The zero-order chi connectivity index (χ0) is 13.5. The van der Waals surface area contributed by atoms with Crippen molar-refractivity contribution in [3.05, 3.63) is 11.4 Å². The van der Waals surface area contributed by atoms with Crippen molar-refractivity contribution in [1.29, 1.82) is 0 Å². The Morgan fingerprint density at radius 2 is 2.17 bits per heavy atom. The van der Waals surface area contributed by atoms with Gasteiger partial charge >= 0.3 is 5.97 Å². The zero-order valence-electron chi connectivity index (χ0n) is 10.2. The lowest BCUT2D eigenvalue weighted by Gasteiger charge is -2.16. The van der Waals surface area contributed by atoms with Crippen LogP contribution in [0.4, 0.5) is 0 Å². The van der Waals surface area contributed by atoms with E-state index in [1.165, 1.54) is 18.3 Å². The summed E-state index contributed by atoms with van der Waals surface area (Å²) in [5.41, 5.74) is -0.204. The van der Waals surface area contributed by atoms with Gasteiger partial charge in [0.2, 0.25) is 10.0 Å². The summed E-state index contributed by atoms with van der Waals surface area (Å²) in [5.74, 6) is -0.956. The highest BCUT2D eigenvalue weighted by atomic mass is 32.2. The molecular formula is C10H15N3O4S. The van der Waals surface area contributed by atoms with Crippen molar-refractivity contribution >= 4 is 16.0 Å². The van der Waals surface area contributed by atoms with Crippen molar-refractivity contribution in [2.45, 2.75) is 24.7 Å². The van der Waals surface area contributed by atoms with E-state index in [9.17, 15) is 13.2 Å². The van der Waals surface area contributed by atoms with E-state index in [0.717, 1.165) is 12.8 Å². The van der Waals surface area contributed by atoms with Gasteiger partial charge in [0.15, 0.2) is 5.69 Å². The normalized spacial score (nSPS) is 16.2. The van der Waals surface area contributed by atoms with Gasteiger partial charge in [-0.15, -0.1) is 0 Å². The van der Waals surface area contributed by atoms with Gasteiger partial charge in [0.1, 0.15) is 4.90 Å². The van der Waals surface area contributed by atoms with E-state index >= 15 is 0 Å². The molecule has 0 aliphatic heterocycles. The summed E-state index contributed by atoms with van der Waals surface area (Å²) < 4.78 is 25.8. The van der Waals surface area contributed by atoms with E-state index in [2.05, 4.69) is 10.2 Å². The molecule has 0 spiro atoms. The Morgan fingerprint density at radius 1 is 1.56 bits per heavy atom. The van der Waals surface area contributed by atoms with Crippen LogP contribution < -0.4 is 0 Å². The van der Waals surface area contributed by atoms with Crippen LogP contribution in [0.15, 0.2) is 4.90 Å². The molecule has 0 bridgehead atoms. The third-order valence-electron chi connectivity index (χ3n) is 2.97. The Kier molecular flexibility index (Phi) is 3.16. The van der Waals surface area contributed by atoms with E-state index in [1.807, 2.05) is 0 Å². The quantitative estimate of drug-likeness (QED) is 0.810. The van der Waals surface area contributed by atoms with E-state index in [-0.39, 0.29) is 10.6 Å². The van der Waals surface area contributed by atoms with E-state index in [1.54, 1.807) is 0 Å². The molecule has 0 radical (unpaired) electrons. The topological polar surface area (TPSA) is 103 Å². The smallest absolute Gasteiger partial charge is 0.357 e. The van der Waals surface area contributed by atoms with Crippen LogP contribution in [0.2, 0.25) is 0 Å². The molecule has 0 amide bonds. The number of hydrogen-bond donors (Lipinski definition) is 2. The van der Waals surface area contributed by atoms with Gasteiger partial charge in [-0.3, -0.25) is 5.10 Å². The van der Waals surface area contributed by atoms with E-state index in [4.69, 9.17) is 5.11 Å². The molecule has 0 unspecified atom stereocenters. The minimum absolute atomic E-state index is 0.238. The first-order valence-electron chi connectivity index (χ1n) is 5.58. The second-order valence-electron chi connectivity index (χ2n) is 4.56. The maximum atomic E-state index is 12.3. The van der Waals surface area contributed by atoms with Gasteiger partial charge in [-0.25, -0.2) is 17.5 Å². The largest absolute Gasteiger partial charge is 0.476 e. The lowest BCUT2D eigenvalue weighted by molar-refractivity contribution is 0.0686. The lowest BCUT2D eigenvalue weighted by atomic mass is 10.4. The van der Waals surface area contributed by atoms with Gasteiger partial charge in [-0.1, -0.05) is 0 Å². The molecule has 1 fully saturated rings. The van der Waals surface area contributed by atoms with Crippen molar-refractivity contribution in [2.24, 2.45) is 5.92 Å². The summed E-state index contributed by atoms with van der Waals surface area (Å²) in [6, 6.07) is 0. The summed E-state index contributed by atoms with van der Waals surface area (Å²) in [7, 11) is -2.33. The molecule has 1 aromatic heterocycles. The number of hydrogen-bond acceptors (Lipinski definition) is 4. The van der Waals surface area contributed by atoms with Crippen LogP contribution in [0, 0.1) is 12.8 Å². The highest BCUT2D eigenvalue weighted by Crippen LogP contribution is 2.31. The number of carboxylic acid groups (broad SMARTS) is 1. The van der Waals surface area contributed by atoms with Crippen LogP contribution in [-0.4, -0.2) is 47.6 Å². The predicted octanol–water partition coefficient (Wildman–Crippen LogP) is 0.447. The minimum Gasteiger partial charge on any atom is -0.476 e. The van der Waals surface area contributed by atoms with Crippen LogP contribution >= 0.6 is 0 Å². The van der Waals surface area contributed by atoms with Crippen LogP contribution in [0.25, 0.3) is 0 Å². The molecule has 1 aliphatic carbocycles. The highest BCUT2D eigenvalue weighted by molar-refractivity contribution is 7.89. The van der Waals surface area contributed by atoms with Crippen molar-refractivity contribution in [3.8, 4) is 0 Å². The lowest BCUT2D eigenvalue weighted by Crippen LogP contribution is -2.30. The van der Waals surface area contributed by atoms with Gasteiger partial charge in [0.05, 0.1) is 5.69 Å². The summed E-state index contributed by atoms with van der Waals surface area (Å²) in [4.78, 5) is 10.7. The van der Waals surface area contributed by atoms with Crippen LogP contribution in [0.5, 0.6) is 0 Å². The van der Waals surface area contributed by atoms with E-state index in [0.29, 0.717) is 12.5 Å². The average Bonchev–Trinajstić information content (AvgIpc) is 2.98. The average molecular weight is 273 g/mol. The number of aromatic nitrogens is 2. The zero-order valence-corrected chi connectivity index (χ0v) is 11.0. The second kappa shape index (κ2) is 4.36. The maximum absolute atomic E-state index is 12.3. The molecule has 1 saturated carbocycles. The molecule has 1 heterocycles. The Balaban J connectivity index is 2.39. The summed E-state index contributed by atoms with van der Waals surface area (Å²) in [6.45, 7) is 1.92. The number of sulfonamides is 1. The van der Waals surface area contributed by atoms with Gasteiger partial charge < -0.3 is 5.11 Å². The number of aromatic amines is 1.